The third-order valence-corrected chi connectivity index (χ3v) is 6.01. The Labute approximate surface area is 147 Å². The van der Waals surface area contributed by atoms with Crippen molar-refractivity contribution in [2.24, 2.45) is 10.1 Å². The number of hydrazone groups is 1. The van der Waals surface area contributed by atoms with Crippen molar-refractivity contribution >= 4 is 17.4 Å². The summed E-state index contributed by atoms with van der Waals surface area (Å²) in [5.74, 6) is 0.663. The molecule has 1 aromatic carbocycles. The molecule has 4 aliphatic rings. The lowest BCUT2D eigenvalue weighted by Crippen LogP contribution is -2.54. The van der Waals surface area contributed by atoms with Crippen LogP contribution in [0.2, 0.25) is 0 Å². The minimum absolute atomic E-state index is 0.194. The largest absolute Gasteiger partial charge is 0.338 e. The summed E-state index contributed by atoms with van der Waals surface area (Å²) in [7, 11) is 2.14. The molecule has 130 valence electrons. The Kier molecular flexibility index (Phi) is 2.83. The summed E-state index contributed by atoms with van der Waals surface area (Å²) in [6, 6.07) is 3.54. The number of fused-ring (bicyclic) bond motifs is 1. The second-order valence-corrected chi connectivity index (χ2v) is 7.53. The summed E-state index contributed by atoms with van der Waals surface area (Å²) < 4.78 is 14.2. The third-order valence-electron chi connectivity index (χ3n) is 6.01. The van der Waals surface area contributed by atoms with E-state index in [1.807, 2.05) is 13.0 Å². The second-order valence-electron chi connectivity index (χ2n) is 7.53. The van der Waals surface area contributed by atoms with Crippen molar-refractivity contribution in [1.29, 1.82) is 0 Å². The maximum Gasteiger partial charge on any atom is 0.224 e. The van der Waals surface area contributed by atoms with Crippen LogP contribution in [0.1, 0.15) is 25.0 Å². The summed E-state index contributed by atoms with van der Waals surface area (Å²) >= 11 is 0. The van der Waals surface area contributed by atoms with Gasteiger partial charge in [0, 0.05) is 43.4 Å². The molecule has 0 N–H and O–H groups in total. The molecular weight excluding hydrogens is 317 g/mol. The van der Waals surface area contributed by atoms with Gasteiger partial charge in [0.05, 0.1) is 11.4 Å². The van der Waals surface area contributed by atoms with E-state index in [0.717, 1.165) is 49.1 Å². The monoisotopic (exact) mass is 339 g/mol. The SMILES string of the molecule is CC1=NN2C(N3CCN(C)CC3)=Nc3cc(F)c(C)cc3C23C(C)=C13. The predicted molar refractivity (Wildman–Crippen MR) is 96.6 cm³/mol. The molecule has 0 bridgehead atoms. The maximum absolute atomic E-state index is 14.2. The lowest BCUT2D eigenvalue weighted by atomic mass is 9.92. The van der Waals surface area contributed by atoms with Crippen LogP contribution in [0.15, 0.2) is 33.4 Å². The van der Waals surface area contributed by atoms with Crippen molar-refractivity contribution in [2.75, 3.05) is 33.2 Å². The molecule has 1 fully saturated rings. The number of hydrogen-bond acceptors (Lipinski definition) is 5. The Hall–Kier alpha value is -2.21. The number of aliphatic imine (C=N–C) groups is 1. The van der Waals surface area contributed by atoms with Crippen molar-refractivity contribution in [1.82, 2.24) is 14.8 Å². The number of hydrogen-bond donors (Lipinski definition) is 0. The van der Waals surface area contributed by atoms with Crippen LogP contribution >= 0.6 is 0 Å². The van der Waals surface area contributed by atoms with Crippen molar-refractivity contribution in [2.45, 2.75) is 26.3 Å². The quantitative estimate of drug-likeness (QED) is 0.729. The van der Waals surface area contributed by atoms with E-state index in [2.05, 4.69) is 35.7 Å². The van der Waals surface area contributed by atoms with Gasteiger partial charge in [0.2, 0.25) is 5.96 Å². The van der Waals surface area contributed by atoms with Gasteiger partial charge < -0.3 is 9.80 Å². The first kappa shape index (κ1) is 15.1. The number of rotatable bonds is 0. The van der Waals surface area contributed by atoms with E-state index in [9.17, 15) is 4.39 Å². The molecule has 5 rings (SSSR count). The Bertz CT molecular complexity index is 891. The summed E-state index contributed by atoms with van der Waals surface area (Å²) in [4.78, 5) is 9.46. The smallest absolute Gasteiger partial charge is 0.224 e. The van der Waals surface area contributed by atoms with Gasteiger partial charge >= 0.3 is 0 Å². The zero-order valence-electron chi connectivity index (χ0n) is 15.1. The number of piperazine rings is 1. The topological polar surface area (TPSA) is 34.4 Å². The van der Waals surface area contributed by atoms with E-state index >= 15 is 0 Å². The highest BCUT2D eigenvalue weighted by Gasteiger charge is 2.65. The average Bonchev–Trinajstić information content (AvgIpc) is 3.04. The van der Waals surface area contributed by atoms with Gasteiger partial charge in [-0.05, 0) is 45.0 Å². The molecule has 1 aliphatic carbocycles. The van der Waals surface area contributed by atoms with Crippen LogP contribution in [0.3, 0.4) is 0 Å². The van der Waals surface area contributed by atoms with Gasteiger partial charge in [-0.1, -0.05) is 0 Å². The van der Waals surface area contributed by atoms with E-state index < -0.39 is 0 Å². The van der Waals surface area contributed by atoms with Gasteiger partial charge in [-0.3, -0.25) is 0 Å². The highest BCUT2D eigenvalue weighted by Crippen LogP contribution is 2.64. The van der Waals surface area contributed by atoms with Crippen LogP contribution < -0.4 is 0 Å². The van der Waals surface area contributed by atoms with Gasteiger partial charge in [-0.25, -0.2) is 14.4 Å². The van der Waals surface area contributed by atoms with Crippen molar-refractivity contribution in [3.05, 3.63) is 40.2 Å². The van der Waals surface area contributed by atoms with Gasteiger partial charge in [0.15, 0.2) is 0 Å². The molecule has 0 amide bonds. The van der Waals surface area contributed by atoms with Gasteiger partial charge in [0.25, 0.3) is 0 Å². The summed E-state index contributed by atoms with van der Waals surface area (Å²) in [5, 5.41) is 6.90. The second kappa shape index (κ2) is 4.69. The highest BCUT2D eigenvalue weighted by atomic mass is 19.1. The summed E-state index contributed by atoms with van der Waals surface area (Å²) in [6.45, 7) is 9.85. The standard InChI is InChI=1S/C19H22FN5/c1-11-9-14-16(10-15(11)20)21-18(24-7-5-23(4)6-8-24)25-19(14)12(2)17(19)13(3)22-25/h9-10H,5-8H2,1-4H3. The molecule has 25 heavy (non-hydrogen) atoms. The van der Waals surface area contributed by atoms with E-state index in [1.165, 1.54) is 11.1 Å². The van der Waals surface area contributed by atoms with Crippen LogP contribution in [0.4, 0.5) is 10.1 Å². The molecule has 1 spiro atoms. The van der Waals surface area contributed by atoms with Gasteiger partial charge in [-0.15, -0.1) is 0 Å². The first-order chi connectivity index (χ1) is 11.9. The molecule has 3 heterocycles. The number of halogens is 1. The summed E-state index contributed by atoms with van der Waals surface area (Å²) in [5.41, 5.74) is 5.79. The minimum Gasteiger partial charge on any atom is -0.338 e. The zero-order valence-corrected chi connectivity index (χ0v) is 15.1. The Morgan fingerprint density at radius 3 is 2.48 bits per heavy atom. The zero-order chi connectivity index (χ0) is 17.5. The number of nitrogens with zero attached hydrogens (tertiary/aromatic N) is 5. The normalized spacial score (nSPS) is 27.7. The molecule has 1 aromatic rings. The maximum atomic E-state index is 14.2. The first-order valence-corrected chi connectivity index (χ1v) is 8.85. The molecule has 3 aliphatic heterocycles. The Morgan fingerprint density at radius 2 is 1.80 bits per heavy atom. The molecule has 0 radical (unpaired) electrons. The average molecular weight is 339 g/mol. The number of likely N-dealkylation sites (N-methyl/N-ethyl adjacent to an activating group) is 1. The van der Waals surface area contributed by atoms with Gasteiger partial charge in [-0.2, -0.15) is 5.10 Å². The van der Waals surface area contributed by atoms with Crippen molar-refractivity contribution in [3.8, 4) is 0 Å². The van der Waals surface area contributed by atoms with Crippen molar-refractivity contribution in [3.63, 3.8) is 0 Å². The van der Waals surface area contributed by atoms with Crippen LogP contribution in [0.25, 0.3) is 0 Å². The fourth-order valence-corrected chi connectivity index (χ4v) is 4.53. The lowest BCUT2D eigenvalue weighted by Gasteiger charge is -2.42. The van der Waals surface area contributed by atoms with E-state index in [0.29, 0.717) is 5.56 Å². The van der Waals surface area contributed by atoms with E-state index in [1.54, 1.807) is 6.07 Å². The molecule has 1 unspecified atom stereocenters. The molecule has 0 aromatic heterocycles. The first-order valence-electron chi connectivity index (χ1n) is 8.85. The number of aryl methyl sites for hydroxylation is 1. The Morgan fingerprint density at radius 1 is 1.08 bits per heavy atom. The minimum atomic E-state index is -0.321. The number of benzene rings is 1. The predicted octanol–water partition coefficient (Wildman–Crippen LogP) is 2.60. The van der Waals surface area contributed by atoms with Gasteiger partial charge in [0.1, 0.15) is 11.4 Å². The van der Waals surface area contributed by atoms with Crippen LogP contribution in [0.5, 0.6) is 0 Å². The molecule has 0 saturated carbocycles. The fraction of sp³-hybridized carbons (Fsp3) is 0.474. The molecule has 1 saturated heterocycles. The van der Waals surface area contributed by atoms with Crippen LogP contribution in [0, 0.1) is 12.7 Å². The lowest BCUT2D eigenvalue weighted by molar-refractivity contribution is 0.184. The molecule has 6 heteroatoms. The van der Waals surface area contributed by atoms with E-state index in [-0.39, 0.29) is 11.4 Å². The van der Waals surface area contributed by atoms with E-state index in [4.69, 9.17) is 10.1 Å². The van der Waals surface area contributed by atoms with Crippen LogP contribution in [-0.2, 0) is 5.54 Å². The third kappa shape index (κ3) is 1.75. The van der Waals surface area contributed by atoms with Crippen molar-refractivity contribution < 1.29 is 4.39 Å². The molecule has 5 nitrogen and oxygen atoms in total. The summed E-state index contributed by atoms with van der Waals surface area (Å²) in [6.07, 6.45) is 0. The fourth-order valence-electron chi connectivity index (χ4n) is 4.53. The molecular formula is C19H22FN5. The van der Waals surface area contributed by atoms with Crippen LogP contribution in [-0.4, -0.2) is 59.7 Å². The highest BCUT2D eigenvalue weighted by molar-refractivity contribution is 6.13. The Balaban J connectivity index is 1.67. The molecule has 1 atom stereocenters. The number of guanidine groups is 1.